The topological polar surface area (TPSA) is 35.5 Å². The van der Waals surface area contributed by atoms with Gasteiger partial charge in [0.1, 0.15) is 0 Å². The van der Waals surface area contributed by atoms with Crippen LogP contribution in [0.2, 0.25) is 0 Å². The highest BCUT2D eigenvalue weighted by Gasteiger charge is 2.26. The molecule has 74 valence electrons. The largest absolute Gasteiger partial charge is 0.335 e. The summed E-state index contributed by atoms with van der Waals surface area (Å²) in [6.45, 7) is 8.17. The average Bonchev–Trinajstić information content (AvgIpc) is 2.08. The molecule has 0 radical (unpaired) electrons. The van der Waals surface area contributed by atoms with Crippen molar-refractivity contribution < 1.29 is 13.6 Å². The van der Waals surface area contributed by atoms with Crippen molar-refractivity contribution >= 4 is 7.60 Å². The van der Waals surface area contributed by atoms with E-state index in [2.05, 4.69) is 6.58 Å². The lowest BCUT2D eigenvalue weighted by Gasteiger charge is -2.21. The van der Waals surface area contributed by atoms with E-state index < -0.39 is 7.60 Å². The van der Waals surface area contributed by atoms with Crippen LogP contribution in [-0.2, 0) is 13.6 Å². The van der Waals surface area contributed by atoms with Crippen LogP contribution in [0.3, 0.4) is 0 Å². The second-order valence-electron chi connectivity index (χ2n) is 3.35. The first-order valence-electron chi connectivity index (χ1n) is 4.20. The summed E-state index contributed by atoms with van der Waals surface area (Å²) in [5, 5.41) is 0. The SMILES string of the molecule is C=C(C)COP1(=O)CC=C(C)CO1. The molecule has 0 aromatic rings. The van der Waals surface area contributed by atoms with Crippen LogP contribution in [0.5, 0.6) is 0 Å². The van der Waals surface area contributed by atoms with E-state index in [-0.39, 0.29) is 0 Å². The molecule has 1 aliphatic heterocycles. The summed E-state index contributed by atoms with van der Waals surface area (Å²) in [6.07, 6.45) is 2.29. The second-order valence-corrected chi connectivity index (χ2v) is 5.45. The summed E-state index contributed by atoms with van der Waals surface area (Å²) in [4.78, 5) is 0. The predicted molar refractivity (Wildman–Crippen MR) is 52.9 cm³/mol. The molecule has 3 nitrogen and oxygen atoms in total. The fourth-order valence-corrected chi connectivity index (χ4v) is 2.52. The zero-order valence-electron chi connectivity index (χ0n) is 8.08. The minimum Gasteiger partial charge on any atom is -0.304 e. The van der Waals surface area contributed by atoms with Gasteiger partial charge in [-0.1, -0.05) is 23.8 Å². The van der Waals surface area contributed by atoms with Crippen LogP contribution >= 0.6 is 7.60 Å². The maximum absolute atomic E-state index is 11.8. The van der Waals surface area contributed by atoms with E-state index in [1.807, 2.05) is 19.9 Å². The molecule has 0 fully saturated rings. The Balaban J connectivity index is 2.49. The number of allylic oxidation sites excluding steroid dienone is 1. The first-order chi connectivity index (χ1) is 6.02. The Kier molecular flexibility index (Phi) is 3.48. The van der Waals surface area contributed by atoms with Crippen molar-refractivity contribution in [2.45, 2.75) is 13.8 Å². The highest BCUT2D eigenvalue weighted by molar-refractivity contribution is 7.54. The van der Waals surface area contributed by atoms with Crippen LogP contribution in [0.4, 0.5) is 0 Å². The van der Waals surface area contributed by atoms with Crippen LogP contribution in [0.1, 0.15) is 13.8 Å². The first kappa shape index (κ1) is 10.7. The standard InChI is InChI=1S/C9H15O3P/c1-8(2)6-11-13(10)5-4-9(3)7-12-13/h4H,1,5-7H2,2-3H3. The molecule has 0 saturated carbocycles. The molecule has 0 saturated heterocycles. The van der Waals surface area contributed by atoms with Crippen molar-refractivity contribution in [2.24, 2.45) is 0 Å². The fraction of sp³-hybridized carbons (Fsp3) is 0.556. The Morgan fingerprint density at radius 3 is 3.00 bits per heavy atom. The third kappa shape index (κ3) is 3.47. The van der Waals surface area contributed by atoms with Gasteiger partial charge in [0.15, 0.2) is 0 Å². The van der Waals surface area contributed by atoms with Crippen LogP contribution in [-0.4, -0.2) is 19.4 Å². The molecule has 1 rings (SSSR count). The van der Waals surface area contributed by atoms with E-state index in [0.717, 1.165) is 11.1 Å². The summed E-state index contributed by atoms with van der Waals surface area (Å²) in [7, 11) is -2.84. The van der Waals surface area contributed by atoms with Gasteiger partial charge in [0, 0.05) is 0 Å². The summed E-state index contributed by atoms with van der Waals surface area (Å²) < 4.78 is 22.1. The van der Waals surface area contributed by atoms with Gasteiger partial charge >= 0.3 is 7.60 Å². The van der Waals surface area contributed by atoms with Crippen molar-refractivity contribution in [3.8, 4) is 0 Å². The summed E-state index contributed by atoms with van der Waals surface area (Å²) in [5.74, 6) is 0. The maximum atomic E-state index is 11.8. The molecule has 4 heteroatoms. The van der Waals surface area contributed by atoms with Gasteiger partial charge in [0.2, 0.25) is 0 Å². The van der Waals surface area contributed by atoms with Crippen molar-refractivity contribution in [3.05, 3.63) is 23.8 Å². The van der Waals surface area contributed by atoms with Crippen molar-refractivity contribution in [1.29, 1.82) is 0 Å². The highest BCUT2D eigenvalue weighted by Crippen LogP contribution is 2.50. The molecule has 0 aromatic heterocycles. The van der Waals surface area contributed by atoms with E-state index in [0.29, 0.717) is 19.4 Å². The van der Waals surface area contributed by atoms with E-state index >= 15 is 0 Å². The normalized spacial score (nSPS) is 28.3. The van der Waals surface area contributed by atoms with Gasteiger partial charge in [-0.25, -0.2) is 0 Å². The predicted octanol–water partition coefficient (Wildman–Crippen LogP) is 2.75. The molecular weight excluding hydrogens is 187 g/mol. The molecule has 13 heavy (non-hydrogen) atoms. The maximum Gasteiger partial charge on any atom is 0.335 e. The van der Waals surface area contributed by atoms with Crippen LogP contribution in [0.15, 0.2) is 23.8 Å². The summed E-state index contributed by atoms with van der Waals surface area (Å²) in [6, 6.07) is 0. The van der Waals surface area contributed by atoms with Gasteiger partial charge in [-0.2, -0.15) is 0 Å². The van der Waals surface area contributed by atoms with Crippen molar-refractivity contribution in [3.63, 3.8) is 0 Å². The third-order valence-electron chi connectivity index (χ3n) is 1.66. The lowest BCUT2D eigenvalue weighted by molar-refractivity contribution is 0.227. The molecule has 1 atom stereocenters. The number of hydrogen-bond donors (Lipinski definition) is 0. The van der Waals surface area contributed by atoms with Gasteiger partial charge in [0.05, 0.1) is 19.4 Å². The van der Waals surface area contributed by atoms with Gasteiger partial charge < -0.3 is 9.05 Å². The molecule has 0 N–H and O–H groups in total. The zero-order chi connectivity index (χ0) is 9.90. The van der Waals surface area contributed by atoms with E-state index in [1.54, 1.807) is 0 Å². The smallest absolute Gasteiger partial charge is 0.304 e. The van der Waals surface area contributed by atoms with Gasteiger partial charge in [-0.15, -0.1) is 0 Å². The van der Waals surface area contributed by atoms with E-state index in [1.165, 1.54) is 0 Å². The van der Waals surface area contributed by atoms with Crippen molar-refractivity contribution in [2.75, 3.05) is 19.4 Å². The fourth-order valence-electron chi connectivity index (χ4n) is 0.878. The van der Waals surface area contributed by atoms with E-state index in [4.69, 9.17) is 9.05 Å². The Morgan fingerprint density at radius 1 is 1.85 bits per heavy atom. The highest BCUT2D eigenvalue weighted by atomic mass is 31.2. The molecule has 0 aliphatic carbocycles. The quantitative estimate of drug-likeness (QED) is 0.521. The monoisotopic (exact) mass is 202 g/mol. The van der Waals surface area contributed by atoms with Crippen LogP contribution in [0.25, 0.3) is 0 Å². The Morgan fingerprint density at radius 2 is 2.54 bits per heavy atom. The molecule has 1 unspecified atom stereocenters. The Labute approximate surface area is 79.0 Å². The molecule has 0 spiro atoms. The molecule has 1 aliphatic rings. The first-order valence-corrected chi connectivity index (χ1v) is 5.93. The molecule has 1 heterocycles. The van der Waals surface area contributed by atoms with Crippen LogP contribution < -0.4 is 0 Å². The minimum absolute atomic E-state index is 0.310. The summed E-state index contributed by atoms with van der Waals surface area (Å²) >= 11 is 0. The molecule has 0 amide bonds. The lowest BCUT2D eigenvalue weighted by Crippen LogP contribution is -2.07. The van der Waals surface area contributed by atoms with Crippen molar-refractivity contribution in [1.82, 2.24) is 0 Å². The Hall–Kier alpha value is -0.370. The third-order valence-corrected chi connectivity index (χ3v) is 3.33. The molecular formula is C9H15O3P. The second kappa shape index (κ2) is 4.23. The van der Waals surface area contributed by atoms with Gasteiger partial charge in [0.25, 0.3) is 0 Å². The summed E-state index contributed by atoms with van der Waals surface area (Å²) in [5.41, 5.74) is 1.95. The minimum atomic E-state index is -2.84. The Bertz CT molecular complexity index is 281. The molecule has 0 bridgehead atoms. The average molecular weight is 202 g/mol. The molecule has 0 aromatic carbocycles. The van der Waals surface area contributed by atoms with Gasteiger partial charge in [-0.05, 0) is 13.8 Å². The number of hydrogen-bond acceptors (Lipinski definition) is 3. The van der Waals surface area contributed by atoms with E-state index in [9.17, 15) is 4.57 Å². The zero-order valence-corrected chi connectivity index (χ0v) is 8.97. The van der Waals surface area contributed by atoms with Crippen LogP contribution in [0, 0.1) is 0 Å². The lowest BCUT2D eigenvalue weighted by atomic mass is 10.3. The number of rotatable bonds is 3. The van der Waals surface area contributed by atoms with Gasteiger partial charge in [-0.3, -0.25) is 4.57 Å².